The minimum Gasteiger partial charge on any atom is -0.290 e. The number of rotatable bonds is 7. The molecule has 30 heavy (non-hydrogen) atoms. The van der Waals surface area contributed by atoms with Gasteiger partial charge in [0.05, 0.1) is 0 Å². The van der Waals surface area contributed by atoms with Crippen molar-refractivity contribution in [3.05, 3.63) is 131 Å². The topological polar surface area (TPSA) is 52.6 Å². The number of carbonyl (C=O) groups is 2. The van der Waals surface area contributed by atoms with E-state index in [1.54, 1.807) is 72.8 Å². The molecule has 4 aromatic carbocycles. The molecule has 0 saturated heterocycles. The Kier molecular flexibility index (Phi) is 5.67. The van der Waals surface area contributed by atoms with Crippen molar-refractivity contribution in [2.24, 2.45) is 0 Å². The van der Waals surface area contributed by atoms with Gasteiger partial charge in [-0.1, -0.05) is 60.7 Å². The molecule has 0 bridgehead atoms. The fourth-order valence-corrected chi connectivity index (χ4v) is 2.93. The van der Waals surface area contributed by atoms with Crippen LogP contribution in [0.25, 0.3) is 0 Å². The van der Waals surface area contributed by atoms with Crippen LogP contribution in [0.2, 0.25) is 0 Å². The van der Waals surface area contributed by atoms with Crippen LogP contribution in [0.5, 0.6) is 11.5 Å². The van der Waals surface area contributed by atoms with Crippen molar-refractivity contribution < 1.29 is 19.4 Å². The first kappa shape index (κ1) is 19.2. The van der Waals surface area contributed by atoms with Crippen LogP contribution in [0, 0.1) is 0 Å². The van der Waals surface area contributed by atoms with Gasteiger partial charge in [-0.2, -0.15) is 0 Å². The van der Waals surface area contributed by atoms with E-state index in [0.717, 1.165) is 0 Å². The number of hydrogen-bond donors (Lipinski definition) is 0. The van der Waals surface area contributed by atoms with Crippen LogP contribution in [-0.2, 0) is 0 Å². The van der Waals surface area contributed by atoms with Gasteiger partial charge < -0.3 is 0 Å². The quantitative estimate of drug-likeness (QED) is 0.235. The van der Waals surface area contributed by atoms with Crippen molar-refractivity contribution in [1.29, 1.82) is 0 Å². The molecule has 0 aliphatic heterocycles. The summed E-state index contributed by atoms with van der Waals surface area (Å²) in [5.74, 6) is 0.816. The maximum Gasteiger partial charge on any atom is 0.193 e. The second-order valence-corrected chi connectivity index (χ2v) is 6.61. The van der Waals surface area contributed by atoms with E-state index in [-0.39, 0.29) is 11.6 Å². The van der Waals surface area contributed by atoms with Crippen LogP contribution < -0.4 is 9.78 Å². The average Bonchev–Trinajstić information content (AvgIpc) is 2.83. The van der Waals surface area contributed by atoms with Crippen LogP contribution in [0.3, 0.4) is 0 Å². The van der Waals surface area contributed by atoms with E-state index in [1.807, 2.05) is 36.4 Å². The van der Waals surface area contributed by atoms with E-state index in [2.05, 4.69) is 0 Å². The molecule has 0 radical (unpaired) electrons. The highest BCUT2D eigenvalue weighted by Crippen LogP contribution is 2.19. The zero-order valence-corrected chi connectivity index (χ0v) is 16.0. The molecule has 0 aliphatic rings. The van der Waals surface area contributed by atoms with Gasteiger partial charge in [-0.3, -0.25) is 19.4 Å². The molecule has 0 aliphatic carbocycles. The summed E-state index contributed by atoms with van der Waals surface area (Å²) in [6.45, 7) is 0. The van der Waals surface area contributed by atoms with Crippen LogP contribution in [0.4, 0.5) is 0 Å². The van der Waals surface area contributed by atoms with E-state index in [4.69, 9.17) is 9.78 Å². The Labute approximate surface area is 174 Å². The zero-order valence-electron chi connectivity index (χ0n) is 16.0. The lowest BCUT2D eigenvalue weighted by Crippen LogP contribution is -2.04. The molecular weight excluding hydrogens is 376 g/mol. The highest BCUT2D eigenvalue weighted by atomic mass is 17.2. The minimum atomic E-state index is -0.0539. The summed E-state index contributed by atoms with van der Waals surface area (Å²) in [5.41, 5.74) is 2.40. The first-order valence-corrected chi connectivity index (χ1v) is 9.45. The molecule has 0 atom stereocenters. The monoisotopic (exact) mass is 394 g/mol. The molecule has 146 valence electrons. The Hall–Kier alpha value is -4.18. The lowest BCUT2D eigenvalue weighted by atomic mass is 10.0. The van der Waals surface area contributed by atoms with Gasteiger partial charge in [0, 0.05) is 22.3 Å². The van der Waals surface area contributed by atoms with Crippen molar-refractivity contribution in [2.75, 3.05) is 0 Å². The molecular formula is C26H18O4. The maximum atomic E-state index is 12.4. The molecule has 0 unspecified atom stereocenters. The standard InChI is InChI=1S/C26H18O4/c27-25(19-7-3-1-4-8-19)21-11-15-23(16-12-21)29-30-24-17-13-22(14-18-24)26(28)20-9-5-2-6-10-20/h1-18H. The molecule has 0 saturated carbocycles. The lowest BCUT2D eigenvalue weighted by Gasteiger charge is -2.07. The van der Waals surface area contributed by atoms with Crippen molar-refractivity contribution in [1.82, 2.24) is 0 Å². The van der Waals surface area contributed by atoms with Gasteiger partial charge in [0.25, 0.3) is 0 Å². The van der Waals surface area contributed by atoms with Crippen molar-refractivity contribution >= 4 is 11.6 Å². The van der Waals surface area contributed by atoms with E-state index in [9.17, 15) is 9.59 Å². The number of carbonyl (C=O) groups excluding carboxylic acids is 2. The van der Waals surface area contributed by atoms with Gasteiger partial charge in [0.1, 0.15) is 0 Å². The minimum absolute atomic E-state index is 0.0539. The molecule has 0 aromatic heterocycles. The predicted molar refractivity (Wildman–Crippen MR) is 114 cm³/mol. The van der Waals surface area contributed by atoms with Gasteiger partial charge in [0.15, 0.2) is 23.1 Å². The van der Waals surface area contributed by atoms with Crippen LogP contribution in [-0.4, -0.2) is 11.6 Å². The third-order valence-corrected chi connectivity index (χ3v) is 4.54. The van der Waals surface area contributed by atoms with Gasteiger partial charge >= 0.3 is 0 Å². The first-order valence-electron chi connectivity index (χ1n) is 9.45. The Bertz CT molecular complexity index is 1040. The van der Waals surface area contributed by atoms with Gasteiger partial charge in [-0.15, -0.1) is 0 Å². The summed E-state index contributed by atoms with van der Waals surface area (Å²) in [4.78, 5) is 35.5. The number of hydrogen-bond acceptors (Lipinski definition) is 4. The first-order chi connectivity index (χ1) is 14.7. The zero-order chi connectivity index (χ0) is 20.8. The Morgan fingerprint density at radius 2 is 0.700 bits per heavy atom. The van der Waals surface area contributed by atoms with Crippen molar-refractivity contribution in [3.63, 3.8) is 0 Å². The van der Waals surface area contributed by atoms with Crippen LogP contribution >= 0.6 is 0 Å². The van der Waals surface area contributed by atoms with E-state index < -0.39 is 0 Å². The average molecular weight is 394 g/mol. The van der Waals surface area contributed by atoms with Gasteiger partial charge in [0.2, 0.25) is 0 Å². The van der Waals surface area contributed by atoms with Crippen molar-refractivity contribution in [3.8, 4) is 11.5 Å². The van der Waals surface area contributed by atoms with E-state index in [0.29, 0.717) is 33.8 Å². The second kappa shape index (κ2) is 8.88. The molecule has 0 amide bonds. The molecule has 0 fully saturated rings. The summed E-state index contributed by atoms with van der Waals surface area (Å²) in [7, 11) is 0. The maximum absolute atomic E-state index is 12.4. The third kappa shape index (κ3) is 4.45. The summed E-state index contributed by atoms with van der Waals surface area (Å²) in [5, 5.41) is 0. The Balaban J connectivity index is 1.37. The SMILES string of the molecule is O=C(c1ccccc1)c1ccc(OOc2ccc(C(=O)c3ccccc3)cc2)cc1. The third-order valence-electron chi connectivity index (χ3n) is 4.54. The summed E-state index contributed by atoms with van der Waals surface area (Å²) < 4.78 is 0. The molecule has 4 aromatic rings. The predicted octanol–water partition coefficient (Wildman–Crippen LogP) is 5.52. The van der Waals surface area contributed by atoms with Crippen LogP contribution in [0.15, 0.2) is 109 Å². The Morgan fingerprint density at radius 3 is 1.03 bits per heavy atom. The smallest absolute Gasteiger partial charge is 0.193 e. The molecule has 4 rings (SSSR count). The summed E-state index contributed by atoms with van der Waals surface area (Å²) >= 11 is 0. The summed E-state index contributed by atoms with van der Waals surface area (Å²) in [6.07, 6.45) is 0. The molecule has 4 nitrogen and oxygen atoms in total. The highest BCUT2D eigenvalue weighted by Gasteiger charge is 2.10. The molecule has 0 spiro atoms. The van der Waals surface area contributed by atoms with E-state index in [1.165, 1.54) is 0 Å². The van der Waals surface area contributed by atoms with Gasteiger partial charge in [-0.25, -0.2) is 0 Å². The Morgan fingerprint density at radius 1 is 0.400 bits per heavy atom. The van der Waals surface area contributed by atoms with E-state index >= 15 is 0 Å². The van der Waals surface area contributed by atoms with Gasteiger partial charge in [-0.05, 0) is 48.5 Å². The molecule has 0 heterocycles. The normalized spacial score (nSPS) is 10.3. The number of benzene rings is 4. The number of ketones is 2. The second-order valence-electron chi connectivity index (χ2n) is 6.61. The van der Waals surface area contributed by atoms with Crippen molar-refractivity contribution in [2.45, 2.75) is 0 Å². The lowest BCUT2D eigenvalue weighted by molar-refractivity contribution is -0.0999. The largest absolute Gasteiger partial charge is 0.290 e. The fourth-order valence-electron chi connectivity index (χ4n) is 2.93. The summed E-state index contributed by atoms with van der Waals surface area (Å²) in [6, 6.07) is 31.6. The highest BCUT2D eigenvalue weighted by molar-refractivity contribution is 6.09. The molecule has 4 heteroatoms. The molecule has 0 N–H and O–H groups in total. The fraction of sp³-hybridized carbons (Fsp3) is 0. The van der Waals surface area contributed by atoms with Crippen LogP contribution in [0.1, 0.15) is 31.8 Å².